The molecule has 1 aromatic rings. The van der Waals surface area contributed by atoms with Crippen LogP contribution in [0.15, 0.2) is 17.3 Å². The number of methoxy groups -OCH3 is 1. The molecule has 0 aliphatic rings. The van der Waals surface area contributed by atoms with E-state index in [9.17, 15) is 4.79 Å². The molecule has 0 bridgehead atoms. The van der Waals surface area contributed by atoms with E-state index < -0.39 is 5.97 Å². The molecule has 0 aromatic carbocycles. The Balaban J connectivity index is 3.04. The molecule has 0 N–H and O–H groups in total. The standard InChI is InChI=1S/C9H8N2O2S/c1-13-9(12)2-6-4-11-5-8(14)7(6)3-10/h4-5,14H,2H2,1H3. The summed E-state index contributed by atoms with van der Waals surface area (Å²) in [6.45, 7) is 0. The second-order valence-electron chi connectivity index (χ2n) is 2.56. The molecule has 0 radical (unpaired) electrons. The highest BCUT2D eigenvalue weighted by atomic mass is 32.1. The summed E-state index contributed by atoms with van der Waals surface area (Å²) in [5.74, 6) is -0.401. The third-order valence-corrected chi connectivity index (χ3v) is 2.02. The maximum Gasteiger partial charge on any atom is 0.310 e. The fraction of sp³-hybridized carbons (Fsp3) is 0.222. The molecule has 5 heteroatoms. The van der Waals surface area contributed by atoms with E-state index in [1.165, 1.54) is 19.5 Å². The van der Waals surface area contributed by atoms with Crippen molar-refractivity contribution < 1.29 is 9.53 Å². The fourth-order valence-corrected chi connectivity index (χ4v) is 1.24. The molecule has 0 spiro atoms. The zero-order valence-electron chi connectivity index (χ0n) is 7.52. The number of aromatic nitrogens is 1. The third kappa shape index (κ3) is 2.24. The molecular weight excluding hydrogens is 200 g/mol. The summed E-state index contributed by atoms with van der Waals surface area (Å²) in [4.78, 5) is 15.3. The lowest BCUT2D eigenvalue weighted by Gasteiger charge is -2.03. The number of ether oxygens (including phenoxy) is 1. The molecule has 1 aromatic heterocycles. The van der Waals surface area contributed by atoms with E-state index >= 15 is 0 Å². The number of thiol groups is 1. The van der Waals surface area contributed by atoms with Crippen molar-refractivity contribution in [2.45, 2.75) is 11.3 Å². The maximum absolute atomic E-state index is 11.0. The number of hydrogen-bond donors (Lipinski definition) is 1. The molecule has 1 rings (SSSR count). The van der Waals surface area contributed by atoms with E-state index in [0.717, 1.165) is 0 Å². The van der Waals surface area contributed by atoms with Crippen LogP contribution < -0.4 is 0 Å². The molecule has 14 heavy (non-hydrogen) atoms. The molecule has 0 fully saturated rings. The van der Waals surface area contributed by atoms with Crippen molar-refractivity contribution >= 4 is 18.6 Å². The number of esters is 1. The number of hydrogen-bond acceptors (Lipinski definition) is 5. The summed E-state index contributed by atoms with van der Waals surface area (Å²) >= 11 is 4.06. The van der Waals surface area contributed by atoms with E-state index in [2.05, 4.69) is 22.3 Å². The van der Waals surface area contributed by atoms with Gasteiger partial charge < -0.3 is 4.74 Å². The van der Waals surface area contributed by atoms with Crippen molar-refractivity contribution in [1.82, 2.24) is 4.98 Å². The first-order valence-electron chi connectivity index (χ1n) is 3.81. The van der Waals surface area contributed by atoms with Crippen molar-refractivity contribution in [3.8, 4) is 6.07 Å². The summed E-state index contributed by atoms with van der Waals surface area (Å²) in [5, 5.41) is 8.81. The first-order valence-corrected chi connectivity index (χ1v) is 4.26. The van der Waals surface area contributed by atoms with Crippen LogP contribution >= 0.6 is 12.6 Å². The first kappa shape index (κ1) is 10.5. The quantitative estimate of drug-likeness (QED) is 0.580. The van der Waals surface area contributed by atoms with Gasteiger partial charge in [0.15, 0.2) is 0 Å². The minimum absolute atomic E-state index is 0.0425. The van der Waals surface area contributed by atoms with Crippen LogP contribution in [-0.2, 0) is 16.0 Å². The minimum atomic E-state index is -0.401. The van der Waals surface area contributed by atoms with Gasteiger partial charge in [0.2, 0.25) is 0 Å². The predicted molar refractivity (Wildman–Crippen MR) is 51.9 cm³/mol. The van der Waals surface area contributed by atoms with E-state index in [1.54, 1.807) is 0 Å². The van der Waals surface area contributed by atoms with Crippen molar-refractivity contribution in [1.29, 1.82) is 5.26 Å². The van der Waals surface area contributed by atoms with Gasteiger partial charge in [-0.1, -0.05) is 0 Å². The molecule has 0 amide bonds. The average Bonchev–Trinajstić information content (AvgIpc) is 2.18. The summed E-state index contributed by atoms with van der Waals surface area (Å²) in [5.41, 5.74) is 0.903. The molecule has 0 saturated heterocycles. The summed E-state index contributed by atoms with van der Waals surface area (Å²) < 4.78 is 4.49. The Hall–Kier alpha value is -1.54. The number of rotatable bonds is 2. The molecule has 0 unspecified atom stereocenters. The molecule has 0 saturated carbocycles. The van der Waals surface area contributed by atoms with E-state index in [-0.39, 0.29) is 6.42 Å². The predicted octanol–water partition coefficient (Wildman–Crippen LogP) is 0.957. The van der Waals surface area contributed by atoms with Gasteiger partial charge in [0, 0.05) is 22.9 Å². The second kappa shape index (κ2) is 4.63. The highest BCUT2D eigenvalue weighted by Gasteiger charge is 2.10. The van der Waals surface area contributed by atoms with Crippen LogP contribution in [0.2, 0.25) is 0 Å². The number of nitrogens with zero attached hydrogens (tertiary/aromatic N) is 2. The highest BCUT2D eigenvalue weighted by Crippen LogP contribution is 2.16. The van der Waals surface area contributed by atoms with Crippen molar-refractivity contribution in [2.24, 2.45) is 0 Å². The van der Waals surface area contributed by atoms with Crippen LogP contribution in [0.25, 0.3) is 0 Å². The lowest BCUT2D eigenvalue weighted by Crippen LogP contribution is -2.06. The monoisotopic (exact) mass is 208 g/mol. The molecule has 0 aliphatic carbocycles. The Morgan fingerprint density at radius 1 is 1.71 bits per heavy atom. The van der Waals surface area contributed by atoms with Gasteiger partial charge in [-0.3, -0.25) is 9.78 Å². The Bertz CT molecular complexity index is 398. The fourth-order valence-electron chi connectivity index (χ4n) is 0.982. The van der Waals surface area contributed by atoms with Crippen LogP contribution in [0.5, 0.6) is 0 Å². The van der Waals surface area contributed by atoms with Gasteiger partial charge in [-0.2, -0.15) is 5.26 Å². The number of carbonyl (C=O) groups excluding carboxylic acids is 1. The minimum Gasteiger partial charge on any atom is -0.469 e. The van der Waals surface area contributed by atoms with Gasteiger partial charge in [0.25, 0.3) is 0 Å². The molecular formula is C9H8N2O2S. The number of carbonyl (C=O) groups is 1. The largest absolute Gasteiger partial charge is 0.469 e. The van der Waals surface area contributed by atoms with Crippen LogP contribution in [0.1, 0.15) is 11.1 Å². The highest BCUT2D eigenvalue weighted by molar-refractivity contribution is 7.80. The van der Waals surface area contributed by atoms with Gasteiger partial charge in [-0.15, -0.1) is 12.6 Å². The van der Waals surface area contributed by atoms with E-state index in [1.807, 2.05) is 6.07 Å². The first-order chi connectivity index (χ1) is 6.69. The summed E-state index contributed by atoms with van der Waals surface area (Å²) in [6.07, 6.45) is 2.97. The van der Waals surface area contributed by atoms with Crippen molar-refractivity contribution in [3.05, 3.63) is 23.5 Å². The summed E-state index contributed by atoms with van der Waals surface area (Å²) in [7, 11) is 1.30. The van der Waals surface area contributed by atoms with E-state index in [0.29, 0.717) is 16.0 Å². The Morgan fingerprint density at radius 3 is 3.00 bits per heavy atom. The topological polar surface area (TPSA) is 63.0 Å². The van der Waals surface area contributed by atoms with Gasteiger partial charge in [-0.05, 0) is 0 Å². The van der Waals surface area contributed by atoms with Crippen LogP contribution in [-0.4, -0.2) is 18.1 Å². The van der Waals surface area contributed by atoms with Gasteiger partial charge in [0.1, 0.15) is 6.07 Å². The lowest BCUT2D eigenvalue weighted by molar-refractivity contribution is -0.139. The zero-order chi connectivity index (χ0) is 10.6. The summed E-state index contributed by atoms with van der Waals surface area (Å²) in [6, 6.07) is 1.97. The normalized spacial score (nSPS) is 9.21. The van der Waals surface area contributed by atoms with Crippen molar-refractivity contribution in [3.63, 3.8) is 0 Å². The Labute approximate surface area is 86.9 Å². The molecule has 0 atom stereocenters. The van der Waals surface area contributed by atoms with E-state index in [4.69, 9.17) is 5.26 Å². The van der Waals surface area contributed by atoms with Crippen LogP contribution in [0.4, 0.5) is 0 Å². The zero-order valence-corrected chi connectivity index (χ0v) is 8.41. The average molecular weight is 208 g/mol. The Kier molecular flexibility index (Phi) is 3.48. The SMILES string of the molecule is COC(=O)Cc1cncc(S)c1C#N. The van der Waals surface area contributed by atoms with Gasteiger partial charge in [0.05, 0.1) is 19.1 Å². The van der Waals surface area contributed by atoms with Crippen LogP contribution in [0, 0.1) is 11.3 Å². The number of pyridine rings is 1. The molecule has 1 heterocycles. The molecule has 4 nitrogen and oxygen atoms in total. The smallest absolute Gasteiger partial charge is 0.310 e. The van der Waals surface area contributed by atoms with Gasteiger partial charge in [-0.25, -0.2) is 0 Å². The maximum atomic E-state index is 11.0. The van der Waals surface area contributed by atoms with Crippen LogP contribution in [0.3, 0.4) is 0 Å². The molecule has 72 valence electrons. The Morgan fingerprint density at radius 2 is 2.43 bits per heavy atom. The van der Waals surface area contributed by atoms with Crippen molar-refractivity contribution in [2.75, 3.05) is 7.11 Å². The second-order valence-corrected chi connectivity index (χ2v) is 3.04. The lowest BCUT2D eigenvalue weighted by atomic mass is 10.1. The number of nitriles is 1. The molecule has 0 aliphatic heterocycles. The van der Waals surface area contributed by atoms with Gasteiger partial charge >= 0.3 is 5.97 Å². The third-order valence-electron chi connectivity index (χ3n) is 1.68.